The summed E-state index contributed by atoms with van der Waals surface area (Å²) < 4.78 is 40.3. The molecule has 208 valence electrons. The molecule has 39 heavy (non-hydrogen) atoms. The molecule has 0 aliphatic carbocycles. The first-order valence-electron chi connectivity index (χ1n) is 13.0. The van der Waals surface area contributed by atoms with Gasteiger partial charge in [0.15, 0.2) is 0 Å². The van der Waals surface area contributed by atoms with E-state index in [1.165, 1.54) is 17.0 Å². The largest absolute Gasteiger partial charge is 0.354 e. The minimum absolute atomic E-state index is 0.00251. The minimum Gasteiger partial charge on any atom is -0.354 e. The van der Waals surface area contributed by atoms with E-state index in [0.717, 1.165) is 28.1 Å². The first-order chi connectivity index (χ1) is 18.6. The molecule has 0 aliphatic rings. The number of benzene rings is 3. The number of hydrogen-bond acceptors (Lipinski definition) is 4. The Labute approximate surface area is 230 Å². The Kier molecular flexibility index (Phi) is 10.6. The number of sulfonamides is 1. The van der Waals surface area contributed by atoms with Gasteiger partial charge in [0.25, 0.3) is 0 Å². The molecule has 0 saturated heterocycles. The second-order valence-corrected chi connectivity index (χ2v) is 11.3. The number of carbonyl (C=O) groups excluding carboxylic acids is 2. The number of aryl methyl sites for hydroxylation is 1. The van der Waals surface area contributed by atoms with Crippen molar-refractivity contribution in [2.75, 3.05) is 23.7 Å². The Morgan fingerprint density at radius 3 is 2.05 bits per heavy atom. The van der Waals surface area contributed by atoms with E-state index in [1.54, 1.807) is 24.3 Å². The third-order valence-corrected chi connectivity index (χ3v) is 7.54. The molecular formula is C30H36FN3O4S. The van der Waals surface area contributed by atoms with Crippen molar-refractivity contribution in [3.8, 4) is 0 Å². The molecule has 3 rings (SSSR count). The third kappa shape index (κ3) is 8.64. The van der Waals surface area contributed by atoms with Crippen LogP contribution in [0.5, 0.6) is 0 Å². The molecule has 9 heteroatoms. The van der Waals surface area contributed by atoms with Crippen LogP contribution in [0.25, 0.3) is 0 Å². The van der Waals surface area contributed by atoms with Gasteiger partial charge in [0.05, 0.1) is 11.9 Å². The lowest BCUT2D eigenvalue weighted by atomic mass is 10.0. The van der Waals surface area contributed by atoms with Crippen LogP contribution in [0.15, 0.2) is 78.9 Å². The Morgan fingerprint density at radius 2 is 1.49 bits per heavy atom. The number of hydrogen-bond donors (Lipinski definition) is 1. The molecule has 0 bridgehead atoms. The number of nitrogens with zero attached hydrogens (tertiary/aromatic N) is 2. The molecule has 1 N–H and O–H groups in total. The van der Waals surface area contributed by atoms with Gasteiger partial charge < -0.3 is 10.2 Å². The van der Waals surface area contributed by atoms with Gasteiger partial charge in [-0.1, -0.05) is 68.4 Å². The van der Waals surface area contributed by atoms with Gasteiger partial charge in [-0.05, 0) is 53.8 Å². The van der Waals surface area contributed by atoms with E-state index in [2.05, 4.69) is 5.32 Å². The Bertz CT molecular complexity index is 1330. The first kappa shape index (κ1) is 29.8. The van der Waals surface area contributed by atoms with Crippen molar-refractivity contribution >= 4 is 27.5 Å². The van der Waals surface area contributed by atoms with Crippen LogP contribution in [-0.2, 0) is 39.0 Å². The summed E-state index contributed by atoms with van der Waals surface area (Å²) >= 11 is 0. The highest BCUT2D eigenvalue weighted by atomic mass is 32.2. The van der Waals surface area contributed by atoms with Gasteiger partial charge >= 0.3 is 0 Å². The lowest BCUT2D eigenvalue weighted by Crippen LogP contribution is -2.53. The van der Waals surface area contributed by atoms with Gasteiger partial charge in [-0.3, -0.25) is 13.9 Å². The Hall–Kier alpha value is -3.72. The van der Waals surface area contributed by atoms with Crippen LogP contribution in [0.2, 0.25) is 0 Å². The zero-order valence-corrected chi connectivity index (χ0v) is 23.5. The maximum absolute atomic E-state index is 13.9. The van der Waals surface area contributed by atoms with E-state index in [1.807, 2.05) is 56.3 Å². The van der Waals surface area contributed by atoms with Crippen molar-refractivity contribution in [3.63, 3.8) is 0 Å². The number of nitrogens with one attached hydrogen (secondary N) is 1. The van der Waals surface area contributed by atoms with E-state index in [4.69, 9.17) is 0 Å². The standard InChI is InChI=1S/C30H36FN3O4S/c1-4-19-32-30(36)28(20-24-9-7-6-8-10-24)33(21-25-11-15-26(31)16-12-25)29(35)22-34(39(3,37)38)27-17-13-23(5-2)14-18-27/h6-18,28H,4-5,19-22H2,1-3H3,(H,32,36)/t28-/m1/s1. The summed E-state index contributed by atoms with van der Waals surface area (Å²) in [4.78, 5) is 28.8. The second kappa shape index (κ2) is 13.9. The molecular weight excluding hydrogens is 517 g/mol. The molecule has 0 aliphatic heterocycles. The van der Waals surface area contributed by atoms with Crippen molar-refractivity contribution in [3.05, 3.63) is 101 Å². The fourth-order valence-corrected chi connectivity index (χ4v) is 5.07. The van der Waals surface area contributed by atoms with Crippen molar-refractivity contribution in [1.82, 2.24) is 10.2 Å². The summed E-state index contributed by atoms with van der Waals surface area (Å²) in [5.74, 6) is -1.30. The molecule has 2 amide bonds. The van der Waals surface area contributed by atoms with E-state index in [0.29, 0.717) is 24.2 Å². The molecule has 3 aromatic carbocycles. The lowest BCUT2D eigenvalue weighted by Gasteiger charge is -2.33. The predicted octanol–water partition coefficient (Wildman–Crippen LogP) is 4.32. The zero-order chi connectivity index (χ0) is 28.4. The quantitative estimate of drug-likeness (QED) is 0.342. The molecule has 0 radical (unpaired) electrons. The van der Waals surface area contributed by atoms with Gasteiger partial charge in [0, 0.05) is 19.5 Å². The summed E-state index contributed by atoms with van der Waals surface area (Å²) in [7, 11) is -3.83. The summed E-state index contributed by atoms with van der Waals surface area (Å²) in [5, 5.41) is 2.89. The average molecular weight is 554 g/mol. The van der Waals surface area contributed by atoms with Crippen LogP contribution < -0.4 is 9.62 Å². The van der Waals surface area contributed by atoms with Crippen molar-refractivity contribution in [2.24, 2.45) is 0 Å². The van der Waals surface area contributed by atoms with Crippen LogP contribution in [0.4, 0.5) is 10.1 Å². The lowest BCUT2D eigenvalue weighted by molar-refractivity contribution is -0.140. The summed E-state index contributed by atoms with van der Waals surface area (Å²) in [6.07, 6.45) is 2.78. The summed E-state index contributed by atoms with van der Waals surface area (Å²) in [6.45, 7) is 3.88. The van der Waals surface area contributed by atoms with Gasteiger partial charge in [0.2, 0.25) is 21.8 Å². The number of carbonyl (C=O) groups is 2. The Balaban J connectivity index is 2.02. The molecule has 3 aromatic rings. The van der Waals surface area contributed by atoms with Crippen LogP contribution in [0.1, 0.15) is 37.0 Å². The Morgan fingerprint density at radius 1 is 0.872 bits per heavy atom. The van der Waals surface area contributed by atoms with Crippen molar-refractivity contribution in [1.29, 1.82) is 0 Å². The van der Waals surface area contributed by atoms with E-state index < -0.39 is 34.3 Å². The van der Waals surface area contributed by atoms with E-state index >= 15 is 0 Å². The minimum atomic E-state index is -3.83. The van der Waals surface area contributed by atoms with Gasteiger partial charge in [-0.25, -0.2) is 12.8 Å². The number of anilines is 1. The van der Waals surface area contributed by atoms with Gasteiger partial charge in [0.1, 0.15) is 18.4 Å². The van der Waals surface area contributed by atoms with Gasteiger partial charge in [-0.15, -0.1) is 0 Å². The fourth-order valence-electron chi connectivity index (χ4n) is 4.22. The summed E-state index contributed by atoms with van der Waals surface area (Å²) in [5.41, 5.74) is 2.86. The van der Waals surface area contributed by atoms with Gasteiger partial charge in [-0.2, -0.15) is 0 Å². The zero-order valence-electron chi connectivity index (χ0n) is 22.6. The third-order valence-electron chi connectivity index (χ3n) is 6.40. The van der Waals surface area contributed by atoms with Crippen molar-refractivity contribution < 1.29 is 22.4 Å². The SMILES string of the molecule is CCCNC(=O)[C@@H](Cc1ccccc1)N(Cc1ccc(F)cc1)C(=O)CN(c1ccc(CC)cc1)S(C)(=O)=O. The van der Waals surface area contributed by atoms with E-state index in [9.17, 15) is 22.4 Å². The maximum Gasteiger partial charge on any atom is 0.244 e. The predicted molar refractivity (Wildman–Crippen MR) is 152 cm³/mol. The summed E-state index contributed by atoms with van der Waals surface area (Å²) in [6, 6.07) is 21.1. The average Bonchev–Trinajstić information content (AvgIpc) is 2.93. The molecule has 0 unspecified atom stereocenters. The molecule has 0 fully saturated rings. The first-order valence-corrected chi connectivity index (χ1v) is 14.9. The van der Waals surface area contributed by atoms with E-state index in [-0.39, 0.29) is 18.9 Å². The van der Waals surface area contributed by atoms with Crippen LogP contribution in [0.3, 0.4) is 0 Å². The molecule has 7 nitrogen and oxygen atoms in total. The van der Waals surface area contributed by atoms with Crippen molar-refractivity contribution in [2.45, 2.75) is 45.7 Å². The van der Waals surface area contributed by atoms with Crippen LogP contribution in [-0.4, -0.2) is 50.5 Å². The normalized spacial score (nSPS) is 12.0. The number of halogens is 1. The van der Waals surface area contributed by atoms with Crippen LogP contribution in [0, 0.1) is 5.82 Å². The smallest absolute Gasteiger partial charge is 0.244 e. The number of amides is 2. The molecule has 0 heterocycles. The molecule has 0 spiro atoms. The highest BCUT2D eigenvalue weighted by Gasteiger charge is 2.32. The fraction of sp³-hybridized carbons (Fsp3) is 0.333. The van der Waals surface area contributed by atoms with Crippen LogP contribution >= 0.6 is 0 Å². The molecule has 0 aromatic heterocycles. The highest BCUT2D eigenvalue weighted by Crippen LogP contribution is 2.21. The second-order valence-electron chi connectivity index (χ2n) is 9.43. The monoisotopic (exact) mass is 553 g/mol. The molecule has 0 saturated carbocycles. The molecule has 1 atom stereocenters. The number of rotatable bonds is 13. The topological polar surface area (TPSA) is 86.8 Å². The highest BCUT2D eigenvalue weighted by molar-refractivity contribution is 7.92. The maximum atomic E-state index is 13.9.